The highest BCUT2D eigenvalue weighted by molar-refractivity contribution is 9.10. The SMILES string of the molecule is NC1CCSCc2c3c(cc(Br)c21)CCO3. The van der Waals surface area contributed by atoms with E-state index in [-0.39, 0.29) is 6.04 Å². The smallest absolute Gasteiger partial charge is 0.127 e. The molecule has 2 N–H and O–H groups in total. The molecule has 0 amide bonds. The van der Waals surface area contributed by atoms with Crippen LogP contribution >= 0.6 is 27.7 Å². The van der Waals surface area contributed by atoms with Crippen molar-refractivity contribution >= 4 is 27.7 Å². The molecule has 3 rings (SSSR count). The molecule has 0 radical (unpaired) electrons. The van der Waals surface area contributed by atoms with Gasteiger partial charge in [-0.05, 0) is 29.4 Å². The summed E-state index contributed by atoms with van der Waals surface area (Å²) in [4.78, 5) is 0. The number of benzene rings is 1. The van der Waals surface area contributed by atoms with Crippen molar-refractivity contribution in [3.8, 4) is 5.75 Å². The van der Waals surface area contributed by atoms with Crippen molar-refractivity contribution in [3.63, 3.8) is 0 Å². The molecule has 0 bridgehead atoms. The van der Waals surface area contributed by atoms with Crippen LogP contribution in [0.2, 0.25) is 0 Å². The lowest BCUT2D eigenvalue weighted by Crippen LogP contribution is -2.12. The Bertz CT molecular complexity index is 436. The first-order valence-electron chi connectivity index (χ1n) is 5.57. The number of nitrogens with two attached hydrogens (primary N) is 1. The molecule has 2 aliphatic rings. The third kappa shape index (κ3) is 1.67. The van der Waals surface area contributed by atoms with Gasteiger partial charge in [-0.25, -0.2) is 0 Å². The van der Waals surface area contributed by atoms with Crippen molar-refractivity contribution < 1.29 is 4.74 Å². The summed E-state index contributed by atoms with van der Waals surface area (Å²) in [5, 5.41) is 0. The summed E-state index contributed by atoms with van der Waals surface area (Å²) >= 11 is 5.62. The average Bonchev–Trinajstić information content (AvgIpc) is 2.62. The van der Waals surface area contributed by atoms with Gasteiger partial charge in [-0.1, -0.05) is 15.9 Å². The number of thioether (sulfide) groups is 1. The number of fused-ring (bicyclic) bond motifs is 3. The molecular weight excluding hydrogens is 286 g/mol. The molecule has 1 unspecified atom stereocenters. The van der Waals surface area contributed by atoms with Gasteiger partial charge in [0.15, 0.2) is 0 Å². The fraction of sp³-hybridized carbons (Fsp3) is 0.500. The van der Waals surface area contributed by atoms with Crippen LogP contribution in [-0.4, -0.2) is 12.4 Å². The molecule has 0 saturated carbocycles. The molecular formula is C12H14BrNOS. The van der Waals surface area contributed by atoms with Crippen LogP contribution in [0.15, 0.2) is 10.5 Å². The van der Waals surface area contributed by atoms with Crippen LogP contribution in [0.3, 0.4) is 0 Å². The average molecular weight is 300 g/mol. The first-order valence-corrected chi connectivity index (χ1v) is 7.52. The zero-order valence-electron chi connectivity index (χ0n) is 8.96. The zero-order chi connectivity index (χ0) is 11.1. The summed E-state index contributed by atoms with van der Waals surface area (Å²) in [5.41, 5.74) is 10.2. The standard InChI is InChI=1S/C12H14BrNOS/c13-9-5-7-1-3-15-12(7)8-6-16-4-2-10(14)11(8)9/h5,10H,1-4,6,14H2. The van der Waals surface area contributed by atoms with E-state index in [0.29, 0.717) is 0 Å². The first kappa shape index (κ1) is 10.9. The minimum atomic E-state index is 0.147. The van der Waals surface area contributed by atoms with E-state index in [1.54, 1.807) is 0 Å². The monoisotopic (exact) mass is 299 g/mol. The van der Waals surface area contributed by atoms with E-state index in [2.05, 4.69) is 22.0 Å². The van der Waals surface area contributed by atoms with E-state index in [0.717, 1.165) is 36.7 Å². The second kappa shape index (κ2) is 4.24. The largest absolute Gasteiger partial charge is 0.493 e. The van der Waals surface area contributed by atoms with E-state index in [1.165, 1.54) is 21.2 Å². The maximum atomic E-state index is 6.24. The van der Waals surface area contributed by atoms with Crippen molar-refractivity contribution in [1.82, 2.24) is 0 Å². The highest BCUT2D eigenvalue weighted by Crippen LogP contribution is 2.43. The number of ether oxygens (including phenoxy) is 1. The van der Waals surface area contributed by atoms with Crippen LogP contribution in [0.5, 0.6) is 5.75 Å². The van der Waals surface area contributed by atoms with Gasteiger partial charge in [0.05, 0.1) is 6.61 Å². The van der Waals surface area contributed by atoms with Gasteiger partial charge in [0.2, 0.25) is 0 Å². The van der Waals surface area contributed by atoms with Gasteiger partial charge in [-0.2, -0.15) is 11.8 Å². The third-order valence-electron chi connectivity index (χ3n) is 3.26. The van der Waals surface area contributed by atoms with Crippen molar-refractivity contribution in [2.45, 2.75) is 24.6 Å². The van der Waals surface area contributed by atoms with Gasteiger partial charge in [0, 0.05) is 28.3 Å². The Hall–Kier alpha value is -0.190. The fourth-order valence-corrected chi connectivity index (χ4v) is 4.32. The van der Waals surface area contributed by atoms with Crippen molar-refractivity contribution in [3.05, 3.63) is 27.2 Å². The molecule has 1 aromatic carbocycles. The summed E-state index contributed by atoms with van der Waals surface area (Å²) in [7, 11) is 0. The van der Waals surface area contributed by atoms with E-state index < -0.39 is 0 Å². The van der Waals surface area contributed by atoms with Gasteiger partial charge in [0.1, 0.15) is 5.75 Å². The predicted molar refractivity (Wildman–Crippen MR) is 71.0 cm³/mol. The summed E-state index contributed by atoms with van der Waals surface area (Å²) in [6.07, 6.45) is 2.08. The highest BCUT2D eigenvalue weighted by Gasteiger charge is 2.26. The lowest BCUT2D eigenvalue weighted by molar-refractivity contribution is 0.354. The Morgan fingerprint density at radius 1 is 1.50 bits per heavy atom. The zero-order valence-corrected chi connectivity index (χ0v) is 11.4. The summed E-state index contributed by atoms with van der Waals surface area (Å²) < 4.78 is 6.93. The predicted octanol–water partition coefficient (Wildman–Crippen LogP) is 3.02. The summed E-state index contributed by atoms with van der Waals surface area (Å²) in [6, 6.07) is 2.34. The number of hydrogen-bond acceptors (Lipinski definition) is 3. The molecule has 86 valence electrons. The minimum absolute atomic E-state index is 0.147. The molecule has 16 heavy (non-hydrogen) atoms. The van der Waals surface area contributed by atoms with Gasteiger partial charge >= 0.3 is 0 Å². The molecule has 2 nitrogen and oxygen atoms in total. The molecule has 0 aromatic heterocycles. The number of rotatable bonds is 0. The third-order valence-corrected chi connectivity index (χ3v) is 4.93. The van der Waals surface area contributed by atoms with Crippen molar-refractivity contribution in [1.29, 1.82) is 0 Å². The van der Waals surface area contributed by atoms with Crippen LogP contribution < -0.4 is 10.5 Å². The van der Waals surface area contributed by atoms with Gasteiger partial charge in [-0.15, -0.1) is 0 Å². The molecule has 2 heterocycles. The Kier molecular flexibility index (Phi) is 2.90. The van der Waals surface area contributed by atoms with Crippen LogP contribution in [0.4, 0.5) is 0 Å². The van der Waals surface area contributed by atoms with E-state index in [9.17, 15) is 0 Å². The van der Waals surface area contributed by atoms with E-state index in [1.807, 2.05) is 11.8 Å². The van der Waals surface area contributed by atoms with Gasteiger partial charge in [-0.3, -0.25) is 0 Å². The second-order valence-electron chi connectivity index (χ2n) is 4.29. The maximum Gasteiger partial charge on any atom is 0.127 e. The van der Waals surface area contributed by atoms with Crippen molar-refractivity contribution in [2.75, 3.05) is 12.4 Å². The molecule has 1 aromatic rings. The van der Waals surface area contributed by atoms with Crippen LogP contribution in [0.25, 0.3) is 0 Å². The molecule has 1 atom stereocenters. The second-order valence-corrected chi connectivity index (χ2v) is 6.24. The molecule has 4 heteroatoms. The van der Waals surface area contributed by atoms with Crippen LogP contribution in [-0.2, 0) is 12.2 Å². The van der Waals surface area contributed by atoms with Crippen LogP contribution in [0.1, 0.15) is 29.2 Å². The molecule has 0 spiro atoms. The summed E-state index contributed by atoms with van der Waals surface area (Å²) in [6.45, 7) is 0.818. The van der Waals surface area contributed by atoms with Gasteiger partial charge in [0.25, 0.3) is 0 Å². The topological polar surface area (TPSA) is 35.2 Å². The lowest BCUT2D eigenvalue weighted by atomic mass is 9.96. The molecule has 0 fully saturated rings. The fourth-order valence-electron chi connectivity index (χ4n) is 2.46. The molecule has 0 saturated heterocycles. The Balaban J connectivity index is 2.21. The summed E-state index contributed by atoms with van der Waals surface area (Å²) in [5.74, 6) is 3.28. The lowest BCUT2D eigenvalue weighted by Gasteiger charge is -2.17. The van der Waals surface area contributed by atoms with Crippen molar-refractivity contribution in [2.24, 2.45) is 5.73 Å². The molecule has 0 aliphatic carbocycles. The Morgan fingerprint density at radius 3 is 3.25 bits per heavy atom. The number of hydrogen-bond donors (Lipinski definition) is 1. The number of halogens is 1. The van der Waals surface area contributed by atoms with E-state index >= 15 is 0 Å². The maximum absolute atomic E-state index is 6.24. The van der Waals surface area contributed by atoms with E-state index in [4.69, 9.17) is 10.5 Å². The van der Waals surface area contributed by atoms with Gasteiger partial charge < -0.3 is 10.5 Å². The Labute approximate surface area is 108 Å². The highest BCUT2D eigenvalue weighted by atomic mass is 79.9. The molecule has 2 aliphatic heterocycles. The first-order chi connectivity index (χ1) is 7.77. The Morgan fingerprint density at radius 2 is 2.38 bits per heavy atom. The normalized spacial score (nSPS) is 23.2. The minimum Gasteiger partial charge on any atom is -0.493 e. The quantitative estimate of drug-likeness (QED) is 0.800. The van der Waals surface area contributed by atoms with Crippen LogP contribution in [0, 0.1) is 0 Å².